The molecule has 0 saturated carbocycles. The molecule has 5 rings (SSSR count). The van der Waals surface area contributed by atoms with Gasteiger partial charge in [0.05, 0.1) is 17.4 Å². The number of carbonyl (C=O) groups excluding carboxylic acids is 2. The number of amides is 2. The summed E-state index contributed by atoms with van der Waals surface area (Å²) >= 11 is 0. The van der Waals surface area contributed by atoms with E-state index in [1.165, 1.54) is 31.0 Å². The number of nitrogens with zero attached hydrogens (tertiary/aromatic N) is 4. The SMILES string of the molecule is CCC(CC)NC(=O)c1ccc(NC(=O)c2n[nH]c3ccc(-c4cncc(CN5CCCCC5)c4)cc23)cn1. The molecular formula is C30H35N7O2. The first-order valence-corrected chi connectivity index (χ1v) is 13.8. The van der Waals surface area contributed by atoms with E-state index in [1.54, 1.807) is 12.1 Å². The first kappa shape index (κ1) is 26.5. The standard InChI is InChI=1S/C30H35N7O2/c1-3-23(4-2)33-29(38)27-11-9-24(18-32-27)34-30(39)28-25-15-21(8-10-26(25)35-36-28)22-14-20(16-31-17-22)19-37-12-6-5-7-13-37/h8-11,14-18,23H,3-7,12-13,19H2,1-2H3,(H,33,38)(H,34,39)(H,35,36). The van der Waals surface area contributed by atoms with Crippen LogP contribution in [0.1, 0.15) is 72.5 Å². The number of aromatic amines is 1. The van der Waals surface area contributed by atoms with Crippen molar-refractivity contribution in [2.75, 3.05) is 18.4 Å². The number of carbonyl (C=O) groups is 2. The number of pyridine rings is 2. The molecule has 39 heavy (non-hydrogen) atoms. The molecule has 0 atom stereocenters. The van der Waals surface area contributed by atoms with Crippen molar-refractivity contribution in [3.05, 3.63) is 71.9 Å². The number of anilines is 1. The zero-order valence-electron chi connectivity index (χ0n) is 22.5. The maximum absolute atomic E-state index is 13.1. The van der Waals surface area contributed by atoms with Crippen LogP contribution in [0, 0.1) is 0 Å². The van der Waals surface area contributed by atoms with Crippen molar-refractivity contribution < 1.29 is 9.59 Å². The van der Waals surface area contributed by atoms with Crippen molar-refractivity contribution in [3.8, 4) is 11.1 Å². The van der Waals surface area contributed by atoms with Crippen molar-refractivity contribution in [2.24, 2.45) is 0 Å². The second kappa shape index (κ2) is 12.2. The van der Waals surface area contributed by atoms with E-state index in [1.807, 2.05) is 44.4 Å². The highest BCUT2D eigenvalue weighted by molar-refractivity contribution is 6.11. The second-order valence-corrected chi connectivity index (χ2v) is 10.1. The number of rotatable bonds is 9. The summed E-state index contributed by atoms with van der Waals surface area (Å²) in [4.78, 5) is 36.8. The molecule has 1 aliphatic heterocycles. The van der Waals surface area contributed by atoms with Crippen LogP contribution in [0.3, 0.4) is 0 Å². The average molecular weight is 526 g/mol. The van der Waals surface area contributed by atoms with Gasteiger partial charge in [-0.3, -0.25) is 24.6 Å². The second-order valence-electron chi connectivity index (χ2n) is 10.1. The summed E-state index contributed by atoms with van der Waals surface area (Å²) in [5.74, 6) is -0.576. The van der Waals surface area contributed by atoms with Gasteiger partial charge in [-0.15, -0.1) is 0 Å². The Morgan fingerprint density at radius 2 is 1.77 bits per heavy atom. The zero-order valence-corrected chi connectivity index (χ0v) is 22.5. The van der Waals surface area contributed by atoms with Gasteiger partial charge in [-0.25, -0.2) is 4.98 Å². The Bertz CT molecular complexity index is 1440. The van der Waals surface area contributed by atoms with Gasteiger partial charge < -0.3 is 10.6 Å². The molecule has 0 aliphatic carbocycles. The van der Waals surface area contributed by atoms with E-state index in [0.717, 1.165) is 54.5 Å². The third-order valence-electron chi connectivity index (χ3n) is 7.34. The number of hydrogen-bond acceptors (Lipinski definition) is 6. The van der Waals surface area contributed by atoms with Gasteiger partial charge in [-0.05, 0) is 80.2 Å². The Morgan fingerprint density at radius 3 is 2.51 bits per heavy atom. The summed E-state index contributed by atoms with van der Waals surface area (Å²) in [6.07, 6.45) is 10.8. The highest BCUT2D eigenvalue weighted by Gasteiger charge is 2.17. The number of likely N-dealkylation sites (tertiary alicyclic amines) is 1. The van der Waals surface area contributed by atoms with Crippen LogP contribution in [-0.2, 0) is 6.54 Å². The normalized spacial score (nSPS) is 14.0. The molecule has 9 nitrogen and oxygen atoms in total. The van der Waals surface area contributed by atoms with Crippen LogP contribution in [0.25, 0.3) is 22.0 Å². The minimum Gasteiger partial charge on any atom is -0.348 e. The average Bonchev–Trinajstić information content (AvgIpc) is 3.40. The first-order valence-electron chi connectivity index (χ1n) is 13.8. The summed E-state index contributed by atoms with van der Waals surface area (Å²) in [7, 11) is 0. The van der Waals surface area contributed by atoms with Crippen molar-refractivity contribution in [1.29, 1.82) is 0 Å². The van der Waals surface area contributed by atoms with E-state index in [4.69, 9.17) is 0 Å². The maximum Gasteiger partial charge on any atom is 0.276 e. The third-order valence-corrected chi connectivity index (χ3v) is 7.34. The van der Waals surface area contributed by atoms with Crippen molar-refractivity contribution in [1.82, 2.24) is 30.4 Å². The number of hydrogen-bond donors (Lipinski definition) is 3. The minimum absolute atomic E-state index is 0.115. The molecule has 1 fully saturated rings. The van der Waals surface area contributed by atoms with Gasteiger partial charge >= 0.3 is 0 Å². The number of piperidine rings is 1. The van der Waals surface area contributed by atoms with Crippen molar-refractivity contribution >= 4 is 28.4 Å². The fourth-order valence-corrected chi connectivity index (χ4v) is 5.02. The molecule has 4 heterocycles. The summed E-state index contributed by atoms with van der Waals surface area (Å²) < 4.78 is 0. The summed E-state index contributed by atoms with van der Waals surface area (Å²) in [5.41, 5.74) is 5.02. The Labute approximate surface area is 228 Å². The number of nitrogens with one attached hydrogen (secondary N) is 3. The highest BCUT2D eigenvalue weighted by atomic mass is 16.2. The molecule has 4 aromatic rings. The molecule has 9 heteroatoms. The molecule has 2 amide bonds. The van der Waals surface area contributed by atoms with Gasteiger partial charge in [0, 0.05) is 35.9 Å². The van der Waals surface area contributed by atoms with Gasteiger partial charge in [-0.2, -0.15) is 5.10 Å². The Balaban J connectivity index is 1.30. The van der Waals surface area contributed by atoms with E-state index in [-0.39, 0.29) is 17.9 Å². The van der Waals surface area contributed by atoms with Crippen LogP contribution in [0.4, 0.5) is 5.69 Å². The monoisotopic (exact) mass is 525 g/mol. The largest absolute Gasteiger partial charge is 0.348 e. The molecule has 0 spiro atoms. The minimum atomic E-state index is -0.355. The zero-order chi connectivity index (χ0) is 27.2. The lowest BCUT2D eigenvalue weighted by Gasteiger charge is -2.26. The van der Waals surface area contributed by atoms with E-state index >= 15 is 0 Å². The van der Waals surface area contributed by atoms with E-state index in [0.29, 0.717) is 17.1 Å². The summed E-state index contributed by atoms with van der Waals surface area (Å²) in [5, 5.41) is 13.8. The highest BCUT2D eigenvalue weighted by Crippen LogP contribution is 2.27. The smallest absolute Gasteiger partial charge is 0.276 e. The molecule has 202 valence electrons. The van der Waals surface area contributed by atoms with E-state index in [2.05, 4.69) is 41.8 Å². The number of fused-ring (bicyclic) bond motifs is 1. The molecule has 1 aromatic carbocycles. The van der Waals surface area contributed by atoms with Crippen LogP contribution < -0.4 is 10.6 Å². The summed E-state index contributed by atoms with van der Waals surface area (Å²) in [6, 6.07) is 11.5. The number of aromatic nitrogens is 4. The number of benzene rings is 1. The lowest BCUT2D eigenvalue weighted by molar-refractivity contribution is 0.0929. The molecule has 3 N–H and O–H groups in total. The predicted molar refractivity (Wildman–Crippen MR) is 152 cm³/mol. The fourth-order valence-electron chi connectivity index (χ4n) is 5.02. The predicted octanol–water partition coefficient (Wildman–Crippen LogP) is 5.18. The van der Waals surface area contributed by atoms with E-state index < -0.39 is 0 Å². The quantitative estimate of drug-likeness (QED) is 0.277. The van der Waals surface area contributed by atoms with Crippen LogP contribution in [0.5, 0.6) is 0 Å². The molecule has 1 aliphatic rings. The summed E-state index contributed by atoms with van der Waals surface area (Å²) in [6.45, 7) is 7.23. The molecule has 0 bridgehead atoms. The van der Waals surface area contributed by atoms with Crippen molar-refractivity contribution in [2.45, 2.75) is 58.5 Å². The Hall–Kier alpha value is -4.11. The molecule has 3 aromatic heterocycles. The van der Waals surface area contributed by atoms with Crippen LogP contribution in [-0.4, -0.2) is 56.0 Å². The topological polar surface area (TPSA) is 116 Å². The van der Waals surface area contributed by atoms with Crippen molar-refractivity contribution in [3.63, 3.8) is 0 Å². The molecule has 0 unspecified atom stereocenters. The van der Waals surface area contributed by atoms with Gasteiger partial charge in [0.1, 0.15) is 5.69 Å². The van der Waals surface area contributed by atoms with Gasteiger partial charge in [0.25, 0.3) is 11.8 Å². The molecular weight excluding hydrogens is 490 g/mol. The van der Waals surface area contributed by atoms with Gasteiger partial charge in [0.2, 0.25) is 0 Å². The Kier molecular flexibility index (Phi) is 8.27. The lowest BCUT2D eigenvalue weighted by atomic mass is 10.0. The number of H-pyrrole nitrogens is 1. The third kappa shape index (κ3) is 6.31. The lowest BCUT2D eigenvalue weighted by Crippen LogP contribution is -2.34. The Morgan fingerprint density at radius 1 is 0.949 bits per heavy atom. The van der Waals surface area contributed by atoms with Gasteiger partial charge in [0.15, 0.2) is 5.69 Å². The van der Waals surface area contributed by atoms with Gasteiger partial charge in [-0.1, -0.05) is 26.3 Å². The first-order chi connectivity index (χ1) is 19.0. The van der Waals surface area contributed by atoms with E-state index in [9.17, 15) is 9.59 Å². The molecule has 0 radical (unpaired) electrons. The van der Waals surface area contributed by atoms with Crippen LogP contribution >= 0.6 is 0 Å². The van der Waals surface area contributed by atoms with Crippen LogP contribution in [0.2, 0.25) is 0 Å². The molecule has 1 saturated heterocycles. The van der Waals surface area contributed by atoms with Crippen LogP contribution in [0.15, 0.2) is 55.0 Å². The maximum atomic E-state index is 13.1. The fraction of sp³-hybridized carbons (Fsp3) is 0.367.